The van der Waals surface area contributed by atoms with E-state index in [2.05, 4.69) is 0 Å². The molecule has 0 aromatic heterocycles. The molecule has 0 unspecified atom stereocenters. The molecule has 0 atom stereocenters. The summed E-state index contributed by atoms with van der Waals surface area (Å²) < 4.78 is 11.1. The van der Waals surface area contributed by atoms with Crippen molar-refractivity contribution < 1.29 is 23.9 Å². The highest BCUT2D eigenvalue weighted by Crippen LogP contribution is 2.26. The molecule has 1 aromatic carbocycles. The zero-order valence-corrected chi connectivity index (χ0v) is 14.6. The number of nitrogens with zero attached hydrogens (tertiary/aromatic N) is 2. The Kier molecular flexibility index (Phi) is 4.74. The average molecular weight is 358 g/mol. The van der Waals surface area contributed by atoms with Crippen molar-refractivity contribution in [2.24, 2.45) is 5.92 Å². The Balaban J connectivity index is 1.28. The summed E-state index contributed by atoms with van der Waals surface area (Å²) in [5.74, 6) is -0.314. The molecule has 7 heteroatoms. The van der Waals surface area contributed by atoms with Gasteiger partial charge in [0.2, 0.25) is 5.91 Å². The van der Waals surface area contributed by atoms with Gasteiger partial charge in [-0.1, -0.05) is 12.1 Å². The van der Waals surface area contributed by atoms with Crippen LogP contribution in [-0.2, 0) is 14.3 Å². The fraction of sp³-hybridized carbons (Fsp3) is 0.526. The lowest BCUT2D eigenvalue weighted by atomic mass is 9.96. The second kappa shape index (κ2) is 7.17. The zero-order chi connectivity index (χ0) is 18.1. The molecule has 2 fully saturated rings. The van der Waals surface area contributed by atoms with Gasteiger partial charge in [0, 0.05) is 32.0 Å². The molecule has 0 bridgehead atoms. The Morgan fingerprint density at radius 3 is 2.15 bits per heavy atom. The molecular weight excluding hydrogens is 336 g/mol. The number of amides is 3. The van der Waals surface area contributed by atoms with Crippen LogP contribution in [0.4, 0.5) is 0 Å². The van der Waals surface area contributed by atoms with Crippen molar-refractivity contribution in [2.45, 2.75) is 25.6 Å². The van der Waals surface area contributed by atoms with Gasteiger partial charge in [-0.05, 0) is 25.0 Å². The van der Waals surface area contributed by atoms with Gasteiger partial charge in [0.05, 0.1) is 24.3 Å². The van der Waals surface area contributed by atoms with Gasteiger partial charge in [-0.25, -0.2) is 0 Å². The van der Waals surface area contributed by atoms with Gasteiger partial charge >= 0.3 is 0 Å². The lowest BCUT2D eigenvalue weighted by Crippen LogP contribution is -2.43. The number of rotatable bonds is 4. The van der Waals surface area contributed by atoms with E-state index in [4.69, 9.17) is 9.47 Å². The van der Waals surface area contributed by atoms with Crippen molar-refractivity contribution in [3.8, 4) is 0 Å². The minimum atomic E-state index is -0.312. The summed E-state index contributed by atoms with van der Waals surface area (Å²) in [6, 6.07) is 6.77. The number of imide groups is 1. The monoisotopic (exact) mass is 358 g/mol. The smallest absolute Gasteiger partial charge is 0.261 e. The first-order valence-corrected chi connectivity index (χ1v) is 9.11. The number of hydrogen-bond acceptors (Lipinski definition) is 5. The van der Waals surface area contributed by atoms with Crippen LogP contribution in [0.5, 0.6) is 0 Å². The van der Waals surface area contributed by atoms with E-state index in [1.165, 1.54) is 4.90 Å². The van der Waals surface area contributed by atoms with Crippen LogP contribution in [-0.4, -0.2) is 66.7 Å². The Morgan fingerprint density at radius 1 is 1.00 bits per heavy atom. The summed E-state index contributed by atoms with van der Waals surface area (Å²) in [6.45, 7) is 2.73. The van der Waals surface area contributed by atoms with E-state index in [1.807, 2.05) is 4.90 Å². The van der Waals surface area contributed by atoms with Crippen LogP contribution >= 0.6 is 0 Å². The zero-order valence-electron chi connectivity index (χ0n) is 14.6. The van der Waals surface area contributed by atoms with Crippen molar-refractivity contribution in [1.82, 2.24) is 9.80 Å². The molecule has 0 radical (unpaired) electrons. The van der Waals surface area contributed by atoms with Crippen molar-refractivity contribution in [1.29, 1.82) is 0 Å². The van der Waals surface area contributed by atoms with E-state index in [-0.39, 0.29) is 37.0 Å². The molecule has 3 aliphatic heterocycles. The van der Waals surface area contributed by atoms with E-state index < -0.39 is 0 Å². The maximum Gasteiger partial charge on any atom is 0.261 e. The topological polar surface area (TPSA) is 76.2 Å². The maximum atomic E-state index is 12.5. The van der Waals surface area contributed by atoms with E-state index in [0.29, 0.717) is 43.3 Å². The summed E-state index contributed by atoms with van der Waals surface area (Å²) in [4.78, 5) is 40.1. The van der Waals surface area contributed by atoms with E-state index in [1.54, 1.807) is 24.3 Å². The molecule has 0 saturated carbocycles. The Hall–Kier alpha value is -2.25. The van der Waals surface area contributed by atoms with Gasteiger partial charge in [0.25, 0.3) is 11.8 Å². The summed E-state index contributed by atoms with van der Waals surface area (Å²) in [6.07, 6.45) is 1.73. The minimum Gasteiger partial charge on any atom is -0.350 e. The molecule has 0 aliphatic carbocycles. The molecule has 4 rings (SSSR count). The highest BCUT2D eigenvalue weighted by atomic mass is 16.7. The van der Waals surface area contributed by atoms with Gasteiger partial charge < -0.3 is 14.4 Å². The van der Waals surface area contributed by atoms with Gasteiger partial charge in [0.1, 0.15) is 0 Å². The second-order valence-corrected chi connectivity index (χ2v) is 6.89. The molecule has 1 aromatic rings. The van der Waals surface area contributed by atoms with Gasteiger partial charge in [-0.2, -0.15) is 0 Å². The predicted molar refractivity (Wildman–Crippen MR) is 91.4 cm³/mol. The third kappa shape index (κ3) is 3.12. The van der Waals surface area contributed by atoms with Crippen LogP contribution in [0.3, 0.4) is 0 Å². The van der Waals surface area contributed by atoms with E-state index in [0.717, 1.165) is 12.8 Å². The van der Waals surface area contributed by atoms with Crippen LogP contribution < -0.4 is 0 Å². The molecule has 0 N–H and O–H groups in total. The molecule has 7 nitrogen and oxygen atoms in total. The summed E-state index contributed by atoms with van der Waals surface area (Å²) in [7, 11) is 0. The third-order valence-corrected chi connectivity index (χ3v) is 5.35. The highest BCUT2D eigenvalue weighted by molar-refractivity contribution is 6.21. The predicted octanol–water partition coefficient (Wildman–Crippen LogP) is 1.28. The molecule has 3 heterocycles. The average Bonchev–Trinajstić information content (AvgIpc) is 3.29. The molecule has 0 spiro atoms. The van der Waals surface area contributed by atoms with Gasteiger partial charge in [-0.15, -0.1) is 0 Å². The lowest BCUT2D eigenvalue weighted by Gasteiger charge is -2.34. The number of carbonyl (C=O) groups excluding carboxylic acids is 3. The van der Waals surface area contributed by atoms with Crippen molar-refractivity contribution >= 4 is 17.7 Å². The van der Waals surface area contributed by atoms with Crippen LogP contribution in [0.2, 0.25) is 0 Å². The van der Waals surface area contributed by atoms with Gasteiger partial charge in [0.15, 0.2) is 6.29 Å². The first-order valence-electron chi connectivity index (χ1n) is 9.11. The molecule has 3 aliphatic rings. The third-order valence-electron chi connectivity index (χ3n) is 5.35. The number of likely N-dealkylation sites (tertiary alicyclic amines) is 1. The normalized spacial score (nSPS) is 21.5. The SMILES string of the molecule is O=C(CCN1C(=O)c2ccccc2C1=O)N1CCC(C2OCCO2)CC1. The fourth-order valence-electron chi connectivity index (χ4n) is 3.88. The lowest BCUT2D eigenvalue weighted by molar-refractivity contribution is -0.136. The van der Waals surface area contributed by atoms with Crippen molar-refractivity contribution in [3.63, 3.8) is 0 Å². The Bertz CT molecular complexity index is 685. The van der Waals surface area contributed by atoms with Crippen LogP contribution in [0.25, 0.3) is 0 Å². The summed E-state index contributed by atoms with van der Waals surface area (Å²) in [5.41, 5.74) is 0.838. The minimum absolute atomic E-state index is 0.0201. The molecule has 2 saturated heterocycles. The van der Waals surface area contributed by atoms with E-state index in [9.17, 15) is 14.4 Å². The van der Waals surface area contributed by atoms with Crippen molar-refractivity contribution in [3.05, 3.63) is 35.4 Å². The van der Waals surface area contributed by atoms with Gasteiger partial charge in [-0.3, -0.25) is 19.3 Å². The molecular formula is C19H22N2O5. The summed E-state index contributed by atoms with van der Waals surface area (Å²) >= 11 is 0. The number of ether oxygens (including phenoxy) is 2. The Labute approximate surface area is 151 Å². The molecule has 26 heavy (non-hydrogen) atoms. The molecule has 3 amide bonds. The number of benzene rings is 1. The molecule has 138 valence electrons. The highest BCUT2D eigenvalue weighted by Gasteiger charge is 2.36. The number of fused-ring (bicyclic) bond motifs is 1. The quantitative estimate of drug-likeness (QED) is 0.758. The first kappa shape index (κ1) is 17.2. The van der Waals surface area contributed by atoms with Crippen LogP contribution in [0, 0.1) is 5.92 Å². The number of hydrogen-bond donors (Lipinski definition) is 0. The van der Waals surface area contributed by atoms with Crippen molar-refractivity contribution in [2.75, 3.05) is 32.8 Å². The van der Waals surface area contributed by atoms with E-state index >= 15 is 0 Å². The number of piperidine rings is 1. The Morgan fingerprint density at radius 2 is 1.58 bits per heavy atom. The van der Waals surface area contributed by atoms with Crippen LogP contribution in [0.15, 0.2) is 24.3 Å². The first-order chi connectivity index (χ1) is 12.6. The largest absolute Gasteiger partial charge is 0.350 e. The maximum absolute atomic E-state index is 12.5. The van der Waals surface area contributed by atoms with Crippen LogP contribution in [0.1, 0.15) is 40.0 Å². The summed E-state index contributed by atoms with van der Waals surface area (Å²) in [5, 5.41) is 0. The standard InChI is InChI=1S/C19H22N2O5/c22-16(20-8-5-13(6-9-20)19-25-11-12-26-19)7-10-21-17(23)14-3-1-2-4-15(14)18(21)24/h1-4,13,19H,5-12H2. The fourth-order valence-corrected chi connectivity index (χ4v) is 3.88. The second-order valence-electron chi connectivity index (χ2n) is 6.89. The number of carbonyl (C=O) groups is 3.